The molecule has 6 nitrogen and oxygen atoms in total. The quantitative estimate of drug-likeness (QED) is 0.191. The van der Waals surface area contributed by atoms with Gasteiger partial charge in [-0.25, -0.2) is 0 Å². The zero-order valence-electron chi connectivity index (χ0n) is 22.3. The molecule has 198 valence electrons. The van der Waals surface area contributed by atoms with Gasteiger partial charge in [0.1, 0.15) is 11.5 Å². The first kappa shape index (κ1) is 28.4. The number of benzene rings is 2. The van der Waals surface area contributed by atoms with E-state index >= 15 is 0 Å². The minimum Gasteiger partial charge on any atom is -0.456 e. The van der Waals surface area contributed by atoms with Crippen LogP contribution in [-0.2, 0) is 18.4 Å². The van der Waals surface area contributed by atoms with Crippen LogP contribution in [0.4, 0.5) is 0 Å². The fraction of sp³-hybridized carbons (Fsp3) is 0.552. The Labute approximate surface area is 216 Å². The third-order valence-corrected chi connectivity index (χ3v) is 8.87. The van der Waals surface area contributed by atoms with Gasteiger partial charge in [-0.3, -0.25) is 9.36 Å². The second kappa shape index (κ2) is 14.0. The summed E-state index contributed by atoms with van der Waals surface area (Å²) in [5, 5.41) is 3.06. The normalized spacial score (nSPS) is 15.5. The Bertz CT molecular complexity index is 1030. The molecular formula is C29H42NO5P. The van der Waals surface area contributed by atoms with E-state index in [4.69, 9.17) is 13.8 Å². The van der Waals surface area contributed by atoms with Crippen LogP contribution in [0.15, 0.2) is 42.5 Å². The lowest BCUT2D eigenvalue weighted by Gasteiger charge is -2.33. The van der Waals surface area contributed by atoms with Crippen molar-refractivity contribution in [1.82, 2.24) is 5.32 Å². The number of fused-ring (bicyclic) bond motifs is 2. The van der Waals surface area contributed by atoms with Crippen molar-refractivity contribution in [3.63, 3.8) is 0 Å². The third kappa shape index (κ3) is 6.59. The van der Waals surface area contributed by atoms with Gasteiger partial charge in [0, 0.05) is 23.2 Å². The molecule has 0 saturated heterocycles. The number of carbonyl (C=O) groups is 1. The number of amides is 1. The number of hydrogen-bond donors (Lipinski definition) is 1. The molecule has 1 aliphatic rings. The summed E-state index contributed by atoms with van der Waals surface area (Å²) in [6.07, 6.45) is 5.82. The van der Waals surface area contributed by atoms with Gasteiger partial charge in [-0.1, -0.05) is 83.4 Å². The molecule has 2 atom stereocenters. The summed E-state index contributed by atoms with van der Waals surface area (Å²) in [6.45, 7) is 9.66. The highest BCUT2D eigenvalue weighted by Gasteiger charge is 2.41. The minimum atomic E-state index is -3.50. The lowest BCUT2D eigenvalue weighted by Crippen LogP contribution is -2.32. The van der Waals surface area contributed by atoms with Crippen molar-refractivity contribution in [3.8, 4) is 11.5 Å². The monoisotopic (exact) mass is 515 g/mol. The number of carbonyl (C=O) groups excluding carboxylic acids is 1. The zero-order chi connectivity index (χ0) is 26.0. The highest BCUT2D eigenvalue weighted by molar-refractivity contribution is 7.54. The largest absolute Gasteiger partial charge is 0.456 e. The van der Waals surface area contributed by atoms with Crippen LogP contribution in [0.3, 0.4) is 0 Å². The molecule has 0 fully saturated rings. The maximum atomic E-state index is 14.4. The Kier molecular flexibility index (Phi) is 11.0. The van der Waals surface area contributed by atoms with Crippen molar-refractivity contribution < 1.29 is 23.1 Å². The minimum absolute atomic E-state index is 0.0559. The van der Waals surface area contributed by atoms with Crippen LogP contribution in [0.1, 0.15) is 101 Å². The Morgan fingerprint density at radius 1 is 0.917 bits per heavy atom. The van der Waals surface area contributed by atoms with Gasteiger partial charge in [0.25, 0.3) is 0 Å². The van der Waals surface area contributed by atoms with Crippen LogP contribution < -0.4 is 10.1 Å². The molecule has 0 aliphatic carbocycles. The lowest BCUT2D eigenvalue weighted by molar-refractivity contribution is -0.121. The summed E-state index contributed by atoms with van der Waals surface area (Å²) in [7, 11) is -3.50. The Morgan fingerprint density at radius 2 is 1.58 bits per heavy atom. The third-order valence-electron chi connectivity index (χ3n) is 6.48. The van der Waals surface area contributed by atoms with E-state index in [-0.39, 0.29) is 5.91 Å². The first-order valence-corrected chi connectivity index (χ1v) is 15.2. The molecule has 0 aromatic heterocycles. The van der Waals surface area contributed by atoms with Crippen LogP contribution >= 0.6 is 7.60 Å². The predicted octanol–water partition coefficient (Wildman–Crippen LogP) is 8.12. The lowest BCUT2D eigenvalue weighted by atomic mass is 9.85. The fourth-order valence-electron chi connectivity index (χ4n) is 4.55. The molecular weight excluding hydrogens is 473 g/mol. The zero-order valence-corrected chi connectivity index (χ0v) is 23.2. The van der Waals surface area contributed by atoms with Gasteiger partial charge in [0.2, 0.25) is 5.91 Å². The van der Waals surface area contributed by atoms with Gasteiger partial charge in [-0.05, 0) is 31.7 Å². The van der Waals surface area contributed by atoms with Crippen molar-refractivity contribution in [2.24, 2.45) is 0 Å². The summed E-state index contributed by atoms with van der Waals surface area (Å²) < 4.78 is 33.0. The number of unbranched alkanes of at least 4 members (excludes halogenated alkanes) is 2. The average molecular weight is 516 g/mol. The standard InChI is InChI=1S/C29H42NO5P/c1-5-9-20-33-36(32,34-21-10-6-2)26(14-7-3)23-16-13-17-24-27(29(31)30-19-8-4)22-15-11-12-18-25(22)35-28(23)24/h11-13,15-18,26-27H,5-10,14,19-21H2,1-4H3,(H,30,31). The van der Waals surface area contributed by atoms with Crippen molar-refractivity contribution in [3.05, 3.63) is 59.2 Å². The molecule has 1 amide bonds. The number of rotatable bonds is 15. The molecule has 0 radical (unpaired) electrons. The first-order valence-electron chi connectivity index (χ1n) is 13.6. The molecule has 2 aromatic rings. The van der Waals surface area contributed by atoms with Gasteiger partial charge >= 0.3 is 7.60 Å². The summed E-state index contributed by atoms with van der Waals surface area (Å²) in [6, 6.07) is 13.5. The van der Waals surface area contributed by atoms with Gasteiger partial charge < -0.3 is 19.1 Å². The van der Waals surface area contributed by atoms with E-state index in [1.165, 1.54) is 0 Å². The van der Waals surface area contributed by atoms with E-state index in [2.05, 4.69) is 26.1 Å². The van der Waals surface area contributed by atoms with Gasteiger partial charge in [-0.15, -0.1) is 0 Å². The molecule has 0 bridgehead atoms. The first-order chi connectivity index (χ1) is 17.5. The van der Waals surface area contributed by atoms with Crippen molar-refractivity contribution >= 4 is 13.5 Å². The van der Waals surface area contributed by atoms with E-state index in [0.29, 0.717) is 37.7 Å². The summed E-state index contributed by atoms with van der Waals surface area (Å²) >= 11 is 0. The Hall–Kier alpha value is -2.14. The van der Waals surface area contributed by atoms with Gasteiger partial charge in [-0.2, -0.15) is 0 Å². The average Bonchev–Trinajstić information content (AvgIpc) is 2.89. The Morgan fingerprint density at radius 3 is 2.22 bits per heavy atom. The number of nitrogens with one attached hydrogen (secondary N) is 1. The molecule has 1 heterocycles. The van der Waals surface area contributed by atoms with Crippen molar-refractivity contribution in [2.45, 2.75) is 84.2 Å². The molecule has 0 saturated carbocycles. The number of ether oxygens (including phenoxy) is 1. The van der Waals surface area contributed by atoms with Crippen molar-refractivity contribution in [2.75, 3.05) is 19.8 Å². The van der Waals surface area contributed by atoms with Crippen LogP contribution in [0.25, 0.3) is 0 Å². The number of para-hydroxylation sites is 2. The highest BCUT2D eigenvalue weighted by Crippen LogP contribution is 2.65. The van der Waals surface area contributed by atoms with Gasteiger partial charge in [0.15, 0.2) is 0 Å². The summed E-state index contributed by atoms with van der Waals surface area (Å²) in [5.41, 5.74) is 1.93. The van der Waals surface area contributed by atoms with E-state index in [1.54, 1.807) is 0 Å². The predicted molar refractivity (Wildman–Crippen MR) is 145 cm³/mol. The summed E-state index contributed by atoms with van der Waals surface area (Å²) in [4.78, 5) is 13.4. The maximum absolute atomic E-state index is 14.4. The summed E-state index contributed by atoms with van der Waals surface area (Å²) in [5.74, 6) is 0.697. The van der Waals surface area contributed by atoms with Crippen LogP contribution in [0.2, 0.25) is 0 Å². The smallest absolute Gasteiger partial charge is 0.338 e. The molecule has 2 aromatic carbocycles. The molecule has 3 rings (SSSR count). The molecule has 7 heteroatoms. The number of hydrogen-bond acceptors (Lipinski definition) is 5. The Balaban J connectivity index is 2.10. The topological polar surface area (TPSA) is 73.9 Å². The van der Waals surface area contributed by atoms with Crippen molar-refractivity contribution in [1.29, 1.82) is 0 Å². The van der Waals surface area contributed by atoms with E-state index in [0.717, 1.165) is 55.2 Å². The van der Waals surface area contributed by atoms with Crippen LogP contribution in [-0.4, -0.2) is 25.7 Å². The van der Waals surface area contributed by atoms with E-state index in [1.807, 2.05) is 49.4 Å². The van der Waals surface area contributed by atoms with E-state index in [9.17, 15) is 9.36 Å². The van der Waals surface area contributed by atoms with Gasteiger partial charge in [0.05, 0.1) is 24.8 Å². The fourth-order valence-corrected chi connectivity index (χ4v) is 6.87. The molecule has 1 N–H and O–H groups in total. The molecule has 0 spiro atoms. The molecule has 1 aliphatic heterocycles. The second-order valence-corrected chi connectivity index (χ2v) is 11.6. The highest BCUT2D eigenvalue weighted by atomic mass is 31.2. The maximum Gasteiger partial charge on any atom is 0.338 e. The van der Waals surface area contributed by atoms with Crippen LogP contribution in [0, 0.1) is 0 Å². The molecule has 36 heavy (non-hydrogen) atoms. The second-order valence-electron chi connectivity index (χ2n) is 9.35. The van der Waals surface area contributed by atoms with Crippen LogP contribution in [0.5, 0.6) is 11.5 Å². The van der Waals surface area contributed by atoms with E-state index < -0.39 is 19.2 Å². The SMILES string of the molecule is CCCCOP(=O)(OCCCC)C(CCC)c1cccc2c1Oc1ccccc1C2C(=O)NCCC. The molecule has 2 unspecified atom stereocenters.